The maximum atomic E-state index is 11.7. The molecule has 0 atom stereocenters. The van der Waals surface area contributed by atoms with Gasteiger partial charge in [0.05, 0.1) is 16.8 Å². The molecule has 1 heterocycles. The number of ether oxygens (including phenoxy) is 1. The van der Waals surface area contributed by atoms with Gasteiger partial charge in [0.2, 0.25) is 0 Å². The number of nitrogens with one attached hydrogen (secondary N) is 1. The maximum Gasteiger partial charge on any atom is 0.258 e. The summed E-state index contributed by atoms with van der Waals surface area (Å²) >= 11 is 1.59. The molecule has 0 fully saturated rings. The molecule has 2 aromatic carbocycles. The van der Waals surface area contributed by atoms with Crippen molar-refractivity contribution in [2.24, 2.45) is 0 Å². The zero-order chi connectivity index (χ0) is 14.5. The first kappa shape index (κ1) is 13.6. The van der Waals surface area contributed by atoms with E-state index >= 15 is 0 Å². The molecule has 5 heteroatoms. The standard InChI is InChI=1S/C16H14N2O2S/c19-15(11-20-12-6-2-1-3-7-12)17-10-16-18-13-8-4-5-9-14(13)21-16/h1-9H,10-11H2,(H,17,19). The van der Waals surface area contributed by atoms with E-state index < -0.39 is 0 Å². The first-order chi connectivity index (χ1) is 10.3. The Bertz CT molecular complexity index is 707. The monoisotopic (exact) mass is 298 g/mol. The van der Waals surface area contributed by atoms with Crippen LogP contribution in [-0.4, -0.2) is 17.5 Å². The third-order valence-corrected chi connectivity index (χ3v) is 3.92. The Morgan fingerprint density at radius 3 is 2.67 bits per heavy atom. The predicted octanol–water partition coefficient (Wildman–Crippen LogP) is 2.99. The molecule has 3 rings (SSSR count). The van der Waals surface area contributed by atoms with Crippen molar-refractivity contribution in [2.45, 2.75) is 6.54 Å². The van der Waals surface area contributed by atoms with Crippen LogP contribution < -0.4 is 10.1 Å². The van der Waals surface area contributed by atoms with Gasteiger partial charge in [-0.05, 0) is 24.3 Å². The van der Waals surface area contributed by atoms with Gasteiger partial charge in [-0.15, -0.1) is 11.3 Å². The summed E-state index contributed by atoms with van der Waals surface area (Å²) in [6.07, 6.45) is 0. The number of thiazole rings is 1. The molecule has 1 aromatic heterocycles. The van der Waals surface area contributed by atoms with Crippen molar-refractivity contribution in [2.75, 3.05) is 6.61 Å². The molecule has 0 aliphatic rings. The molecule has 1 N–H and O–H groups in total. The summed E-state index contributed by atoms with van der Waals surface area (Å²) in [6, 6.07) is 17.2. The zero-order valence-electron chi connectivity index (χ0n) is 11.3. The summed E-state index contributed by atoms with van der Waals surface area (Å²) in [5, 5.41) is 3.71. The lowest BCUT2D eigenvalue weighted by molar-refractivity contribution is -0.123. The van der Waals surface area contributed by atoms with Gasteiger partial charge in [0.15, 0.2) is 6.61 Å². The largest absolute Gasteiger partial charge is 0.484 e. The van der Waals surface area contributed by atoms with Crippen LogP contribution in [0.2, 0.25) is 0 Å². The van der Waals surface area contributed by atoms with Crippen LogP contribution in [0.5, 0.6) is 5.75 Å². The highest BCUT2D eigenvalue weighted by atomic mass is 32.1. The first-order valence-electron chi connectivity index (χ1n) is 6.60. The van der Waals surface area contributed by atoms with E-state index in [0.717, 1.165) is 15.2 Å². The van der Waals surface area contributed by atoms with Crippen LogP contribution in [0, 0.1) is 0 Å². The Kier molecular flexibility index (Phi) is 4.12. The SMILES string of the molecule is O=C(COc1ccccc1)NCc1nc2ccccc2s1. The smallest absolute Gasteiger partial charge is 0.258 e. The Hall–Kier alpha value is -2.40. The molecule has 1 amide bonds. The molecule has 0 spiro atoms. The highest BCUT2D eigenvalue weighted by Crippen LogP contribution is 2.21. The average Bonchev–Trinajstić information content (AvgIpc) is 2.95. The molecular formula is C16H14N2O2S. The average molecular weight is 298 g/mol. The van der Waals surface area contributed by atoms with E-state index in [1.54, 1.807) is 11.3 Å². The van der Waals surface area contributed by atoms with E-state index in [2.05, 4.69) is 10.3 Å². The number of para-hydroxylation sites is 2. The van der Waals surface area contributed by atoms with E-state index in [-0.39, 0.29) is 12.5 Å². The molecule has 21 heavy (non-hydrogen) atoms. The second-order valence-corrected chi connectivity index (χ2v) is 5.57. The van der Waals surface area contributed by atoms with Gasteiger partial charge in [-0.3, -0.25) is 4.79 Å². The van der Waals surface area contributed by atoms with Gasteiger partial charge in [0, 0.05) is 0 Å². The zero-order valence-corrected chi connectivity index (χ0v) is 12.1. The number of hydrogen-bond acceptors (Lipinski definition) is 4. The summed E-state index contributed by atoms with van der Waals surface area (Å²) < 4.78 is 6.51. The number of aromatic nitrogens is 1. The fraction of sp³-hybridized carbons (Fsp3) is 0.125. The second kappa shape index (κ2) is 6.37. The van der Waals surface area contributed by atoms with Crippen molar-refractivity contribution in [3.8, 4) is 5.75 Å². The quantitative estimate of drug-likeness (QED) is 0.788. The third-order valence-electron chi connectivity index (χ3n) is 2.89. The van der Waals surface area contributed by atoms with Crippen LogP contribution in [0.3, 0.4) is 0 Å². The Balaban J connectivity index is 1.51. The van der Waals surface area contributed by atoms with Crippen LogP contribution in [-0.2, 0) is 11.3 Å². The van der Waals surface area contributed by atoms with Gasteiger partial charge in [0.1, 0.15) is 10.8 Å². The number of rotatable bonds is 5. The van der Waals surface area contributed by atoms with Crippen LogP contribution in [0.25, 0.3) is 10.2 Å². The molecule has 0 bridgehead atoms. The number of carbonyl (C=O) groups excluding carboxylic acids is 1. The molecule has 0 aliphatic heterocycles. The lowest BCUT2D eigenvalue weighted by atomic mass is 10.3. The van der Waals surface area contributed by atoms with Crippen molar-refractivity contribution in [1.82, 2.24) is 10.3 Å². The number of carbonyl (C=O) groups is 1. The second-order valence-electron chi connectivity index (χ2n) is 4.45. The van der Waals surface area contributed by atoms with Crippen LogP contribution in [0.1, 0.15) is 5.01 Å². The van der Waals surface area contributed by atoms with Crippen molar-refractivity contribution < 1.29 is 9.53 Å². The van der Waals surface area contributed by atoms with Gasteiger partial charge in [-0.25, -0.2) is 4.98 Å². The summed E-state index contributed by atoms with van der Waals surface area (Å²) in [5.74, 6) is 0.533. The van der Waals surface area contributed by atoms with Gasteiger partial charge in [-0.2, -0.15) is 0 Å². The molecular weight excluding hydrogens is 284 g/mol. The molecule has 0 radical (unpaired) electrons. The van der Waals surface area contributed by atoms with Crippen molar-refractivity contribution in [3.05, 3.63) is 59.6 Å². The Morgan fingerprint density at radius 2 is 1.86 bits per heavy atom. The molecule has 0 aliphatic carbocycles. The third kappa shape index (κ3) is 3.58. The normalized spacial score (nSPS) is 10.5. The molecule has 0 saturated heterocycles. The van der Waals surface area contributed by atoms with Gasteiger partial charge in [0.25, 0.3) is 5.91 Å². The fourth-order valence-corrected chi connectivity index (χ4v) is 2.79. The van der Waals surface area contributed by atoms with E-state index in [1.165, 1.54) is 0 Å². The fourth-order valence-electron chi connectivity index (χ4n) is 1.89. The molecule has 3 aromatic rings. The number of benzene rings is 2. The van der Waals surface area contributed by atoms with Crippen molar-refractivity contribution in [3.63, 3.8) is 0 Å². The van der Waals surface area contributed by atoms with Crippen molar-refractivity contribution >= 4 is 27.5 Å². The molecule has 0 unspecified atom stereocenters. The summed E-state index contributed by atoms with van der Waals surface area (Å²) in [5.41, 5.74) is 0.965. The lowest BCUT2D eigenvalue weighted by Gasteiger charge is -2.05. The highest BCUT2D eigenvalue weighted by Gasteiger charge is 2.06. The minimum Gasteiger partial charge on any atom is -0.484 e. The minimum atomic E-state index is -0.155. The Labute approximate surface area is 126 Å². The molecule has 4 nitrogen and oxygen atoms in total. The van der Waals surface area contributed by atoms with E-state index in [1.807, 2.05) is 54.6 Å². The van der Waals surface area contributed by atoms with Crippen molar-refractivity contribution in [1.29, 1.82) is 0 Å². The predicted molar refractivity (Wildman–Crippen MR) is 83.4 cm³/mol. The molecule has 0 saturated carbocycles. The summed E-state index contributed by atoms with van der Waals surface area (Å²) in [6.45, 7) is 0.436. The maximum absolute atomic E-state index is 11.7. The number of amides is 1. The van der Waals surface area contributed by atoms with Crippen LogP contribution in [0.4, 0.5) is 0 Å². The van der Waals surface area contributed by atoms with Crippen LogP contribution >= 0.6 is 11.3 Å². The minimum absolute atomic E-state index is 0.00884. The number of nitrogens with zero attached hydrogens (tertiary/aromatic N) is 1. The molecule has 106 valence electrons. The van der Waals surface area contributed by atoms with E-state index in [0.29, 0.717) is 12.3 Å². The number of fused-ring (bicyclic) bond motifs is 1. The topological polar surface area (TPSA) is 51.2 Å². The lowest BCUT2D eigenvalue weighted by Crippen LogP contribution is -2.28. The van der Waals surface area contributed by atoms with Gasteiger partial charge in [-0.1, -0.05) is 30.3 Å². The van der Waals surface area contributed by atoms with Gasteiger partial charge < -0.3 is 10.1 Å². The highest BCUT2D eigenvalue weighted by molar-refractivity contribution is 7.18. The first-order valence-corrected chi connectivity index (χ1v) is 7.42. The summed E-state index contributed by atoms with van der Waals surface area (Å²) in [7, 11) is 0. The van der Waals surface area contributed by atoms with E-state index in [4.69, 9.17) is 4.74 Å². The van der Waals surface area contributed by atoms with Crippen LogP contribution in [0.15, 0.2) is 54.6 Å². The number of hydrogen-bond donors (Lipinski definition) is 1. The summed E-state index contributed by atoms with van der Waals surface area (Å²) in [4.78, 5) is 16.2. The van der Waals surface area contributed by atoms with E-state index in [9.17, 15) is 4.79 Å². The van der Waals surface area contributed by atoms with Gasteiger partial charge >= 0.3 is 0 Å². The Morgan fingerprint density at radius 1 is 1.10 bits per heavy atom.